The molecule has 0 saturated heterocycles. The van der Waals surface area contributed by atoms with Crippen LogP contribution in [0.3, 0.4) is 0 Å². The van der Waals surface area contributed by atoms with Crippen molar-refractivity contribution in [3.63, 3.8) is 0 Å². The zero-order chi connectivity index (χ0) is 18.8. The fraction of sp³-hybridized carbons (Fsp3) is 0.400. The third-order valence-corrected chi connectivity index (χ3v) is 6.36. The van der Waals surface area contributed by atoms with E-state index in [0.717, 1.165) is 11.5 Å². The van der Waals surface area contributed by atoms with Crippen LogP contribution in [-0.4, -0.2) is 41.7 Å². The number of halogens is 1. The summed E-state index contributed by atoms with van der Waals surface area (Å²) in [5.41, 5.74) is 0.454. The number of sulfonamides is 1. The molecule has 25 heavy (non-hydrogen) atoms. The quantitative estimate of drug-likeness (QED) is 0.801. The summed E-state index contributed by atoms with van der Waals surface area (Å²) in [6.45, 7) is 5.43. The summed E-state index contributed by atoms with van der Waals surface area (Å²) in [6, 6.07) is 4.72. The Labute approximate surface area is 156 Å². The first-order valence-corrected chi connectivity index (χ1v) is 10.1. The molecule has 0 fully saturated rings. The molecule has 0 atom stereocenters. The molecule has 1 aromatic carbocycles. The normalized spacial score (nSPS) is 11.6. The standard InChI is InChI=1S/C15H19ClN4O3S2/c1-9(2)20(4)14(21)8-13-17-15(24-18-13)19-25(22,23)12-7-5-6-11(16)10(12)3/h5-7,9H,8H2,1-4H3,(H,17,18,19). The fourth-order valence-corrected chi connectivity index (χ4v) is 4.27. The van der Waals surface area contributed by atoms with E-state index in [-0.39, 0.29) is 34.2 Å². The highest BCUT2D eigenvalue weighted by molar-refractivity contribution is 7.93. The number of carbonyl (C=O) groups excluding carboxylic acids is 1. The van der Waals surface area contributed by atoms with Gasteiger partial charge in [-0.2, -0.15) is 4.37 Å². The lowest BCUT2D eigenvalue weighted by molar-refractivity contribution is -0.130. The summed E-state index contributed by atoms with van der Waals surface area (Å²) < 4.78 is 31.4. The molecule has 0 aliphatic heterocycles. The molecule has 2 aromatic rings. The van der Waals surface area contributed by atoms with Gasteiger partial charge < -0.3 is 4.90 Å². The van der Waals surface area contributed by atoms with Gasteiger partial charge in [0.05, 0.1) is 11.3 Å². The van der Waals surface area contributed by atoms with E-state index in [2.05, 4.69) is 14.1 Å². The smallest absolute Gasteiger partial charge is 0.264 e. The van der Waals surface area contributed by atoms with Crippen LogP contribution in [0, 0.1) is 6.92 Å². The lowest BCUT2D eigenvalue weighted by Gasteiger charge is -2.20. The predicted octanol–water partition coefficient (Wildman–Crippen LogP) is 2.71. The van der Waals surface area contributed by atoms with Gasteiger partial charge in [0.25, 0.3) is 10.0 Å². The summed E-state index contributed by atoms with van der Waals surface area (Å²) >= 11 is 6.87. The molecular formula is C15H19ClN4O3S2. The Balaban J connectivity index is 2.15. The highest BCUT2D eigenvalue weighted by Gasteiger charge is 2.21. The van der Waals surface area contributed by atoms with E-state index in [0.29, 0.717) is 10.6 Å². The molecule has 0 aliphatic carbocycles. The molecule has 2 rings (SSSR count). The van der Waals surface area contributed by atoms with Gasteiger partial charge in [-0.3, -0.25) is 9.52 Å². The molecule has 10 heteroatoms. The van der Waals surface area contributed by atoms with Crippen LogP contribution in [0.5, 0.6) is 0 Å². The third kappa shape index (κ3) is 4.68. The first-order valence-electron chi connectivity index (χ1n) is 7.48. The Morgan fingerprint density at radius 3 is 2.72 bits per heavy atom. The van der Waals surface area contributed by atoms with E-state index < -0.39 is 10.0 Å². The van der Waals surface area contributed by atoms with Gasteiger partial charge in [0.15, 0.2) is 5.82 Å². The molecule has 136 valence electrons. The van der Waals surface area contributed by atoms with Crippen LogP contribution in [0.2, 0.25) is 5.02 Å². The van der Waals surface area contributed by atoms with Crippen molar-refractivity contribution in [2.45, 2.75) is 38.1 Å². The van der Waals surface area contributed by atoms with Crippen molar-refractivity contribution in [2.75, 3.05) is 11.8 Å². The lowest BCUT2D eigenvalue weighted by Crippen LogP contribution is -2.34. The number of nitrogens with zero attached hydrogens (tertiary/aromatic N) is 3. The zero-order valence-corrected chi connectivity index (χ0v) is 16.7. The van der Waals surface area contributed by atoms with Gasteiger partial charge in [-0.05, 0) is 38.5 Å². The van der Waals surface area contributed by atoms with E-state index in [1.165, 1.54) is 6.07 Å². The molecule has 7 nitrogen and oxygen atoms in total. The number of benzene rings is 1. The van der Waals surface area contributed by atoms with Gasteiger partial charge >= 0.3 is 0 Å². The van der Waals surface area contributed by atoms with Crippen LogP contribution in [-0.2, 0) is 21.2 Å². The van der Waals surface area contributed by atoms with Gasteiger partial charge in [0.1, 0.15) is 0 Å². The van der Waals surface area contributed by atoms with Crippen molar-refractivity contribution in [1.82, 2.24) is 14.3 Å². The Bertz CT molecular complexity index is 881. The summed E-state index contributed by atoms with van der Waals surface area (Å²) in [7, 11) is -2.13. The number of carbonyl (C=O) groups is 1. The van der Waals surface area contributed by atoms with Gasteiger partial charge in [0.2, 0.25) is 11.0 Å². The average molecular weight is 403 g/mol. The first kappa shape index (κ1) is 19.6. The second-order valence-corrected chi connectivity index (χ2v) is 8.57. The molecule has 1 N–H and O–H groups in total. The van der Waals surface area contributed by atoms with Crippen LogP contribution in [0.4, 0.5) is 5.13 Å². The van der Waals surface area contributed by atoms with E-state index in [9.17, 15) is 13.2 Å². The van der Waals surface area contributed by atoms with Crippen molar-refractivity contribution >= 4 is 44.2 Å². The van der Waals surface area contributed by atoms with Crippen LogP contribution >= 0.6 is 23.1 Å². The minimum Gasteiger partial charge on any atom is -0.343 e. The minimum atomic E-state index is -3.83. The number of aromatic nitrogens is 2. The van der Waals surface area contributed by atoms with Crippen molar-refractivity contribution < 1.29 is 13.2 Å². The zero-order valence-electron chi connectivity index (χ0n) is 14.3. The summed E-state index contributed by atoms with van der Waals surface area (Å²) in [5.74, 6) is 0.149. The van der Waals surface area contributed by atoms with Gasteiger partial charge in [0, 0.05) is 29.6 Å². The molecule has 0 radical (unpaired) electrons. The number of nitrogens with one attached hydrogen (secondary N) is 1. The van der Waals surface area contributed by atoms with Crippen molar-refractivity contribution in [3.8, 4) is 0 Å². The SMILES string of the molecule is Cc1c(Cl)cccc1S(=O)(=O)Nc1nc(CC(=O)N(C)C(C)C)ns1. The Morgan fingerprint density at radius 2 is 2.08 bits per heavy atom. The molecule has 1 amide bonds. The number of amides is 1. The van der Waals surface area contributed by atoms with E-state index in [4.69, 9.17) is 11.6 Å². The van der Waals surface area contributed by atoms with Gasteiger partial charge in [-0.1, -0.05) is 17.7 Å². The predicted molar refractivity (Wildman–Crippen MR) is 98.5 cm³/mol. The van der Waals surface area contributed by atoms with E-state index >= 15 is 0 Å². The van der Waals surface area contributed by atoms with Crippen LogP contribution in [0.1, 0.15) is 25.2 Å². The number of likely N-dealkylation sites (N-methyl/N-ethyl adjacent to an activating group) is 1. The molecule has 1 aromatic heterocycles. The van der Waals surface area contributed by atoms with Crippen molar-refractivity contribution in [1.29, 1.82) is 0 Å². The van der Waals surface area contributed by atoms with Crippen molar-refractivity contribution in [2.24, 2.45) is 0 Å². The summed E-state index contributed by atoms with van der Waals surface area (Å²) in [6.07, 6.45) is 0.0170. The number of anilines is 1. The van der Waals surface area contributed by atoms with Gasteiger partial charge in [-0.15, -0.1) is 0 Å². The minimum absolute atomic E-state index is 0.0170. The number of rotatable bonds is 6. The topological polar surface area (TPSA) is 92.3 Å². The fourth-order valence-electron chi connectivity index (χ4n) is 1.96. The maximum absolute atomic E-state index is 12.5. The van der Waals surface area contributed by atoms with Crippen molar-refractivity contribution in [3.05, 3.63) is 34.6 Å². The Kier molecular flexibility index (Phi) is 6.02. The number of hydrogen-bond acceptors (Lipinski definition) is 6. The summed E-state index contributed by atoms with van der Waals surface area (Å²) in [4.78, 5) is 17.8. The Morgan fingerprint density at radius 1 is 1.40 bits per heavy atom. The molecule has 1 heterocycles. The first-order chi connectivity index (χ1) is 11.6. The molecule has 0 saturated carbocycles. The largest absolute Gasteiger partial charge is 0.343 e. The Hall–Kier alpha value is -1.71. The van der Waals surface area contributed by atoms with Gasteiger partial charge in [-0.25, -0.2) is 13.4 Å². The maximum atomic E-state index is 12.5. The third-order valence-electron chi connectivity index (χ3n) is 3.67. The monoisotopic (exact) mass is 402 g/mol. The van der Waals surface area contributed by atoms with Crippen LogP contribution in [0.25, 0.3) is 0 Å². The van der Waals surface area contributed by atoms with E-state index in [1.807, 2.05) is 13.8 Å². The van der Waals surface area contributed by atoms with Crippen LogP contribution in [0.15, 0.2) is 23.1 Å². The van der Waals surface area contributed by atoms with Crippen LogP contribution < -0.4 is 4.72 Å². The van der Waals surface area contributed by atoms with E-state index in [1.54, 1.807) is 31.0 Å². The second-order valence-electron chi connectivity index (χ2n) is 5.76. The highest BCUT2D eigenvalue weighted by Crippen LogP contribution is 2.25. The molecule has 0 aliphatic rings. The highest BCUT2D eigenvalue weighted by atomic mass is 35.5. The summed E-state index contributed by atoms with van der Waals surface area (Å²) in [5, 5.41) is 0.470. The molecular weight excluding hydrogens is 384 g/mol. The molecule has 0 spiro atoms. The second kappa shape index (κ2) is 7.67. The molecule has 0 bridgehead atoms. The molecule has 0 unspecified atom stereocenters. The number of hydrogen-bond donors (Lipinski definition) is 1. The lowest BCUT2D eigenvalue weighted by atomic mass is 10.2. The average Bonchev–Trinajstić information content (AvgIpc) is 2.94. The maximum Gasteiger partial charge on any atom is 0.264 e.